The first-order chi connectivity index (χ1) is 9.90. The molecule has 0 aliphatic carbocycles. The van der Waals surface area contributed by atoms with Gasteiger partial charge in [-0.05, 0) is 7.05 Å². The van der Waals surface area contributed by atoms with Crippen LogP contribution in [0.4, 0.5) is 4.79 Å². The molecule has 0 fully saturated rings. The lowest BCUT2D eigenvalue weighted by Gasteiger charge is -2.17. The lowest BCUT2D eigenvalue weighted by molar-refractivity contribution is -0.147. The molecular weight excluding hydrogens is 282 g/mol. The quantitative estimate of drug-likeness (QED) is 0.438. The fourth-order valence-electron chi connectivity index (χ4n) is 1.38. The molecule has 1 atom stereocenters. The molecule has 3 N–H and O–H groups in total. The van der Waals surface area contributed by atoms with Crippen LogP contribution in [0.1, 0.15) is 6.42 Å². The average Bonchev–Trinajstić information content (AvgIpc) is 2.43. The molecule has 0 aliphatic heterocycles. The van der Waals surface area contributed by atoms with Crippen LogP contribution in [0, 0.1) is 0 Å². The fourth-order valence-corrected chi connectivity index (χ4v) is 1.38. The minimum atomic E-state index is -1.32. The predicted molar refractivity (Wildman–Crippen MR) is 74.0 cm³/mol. The fraction of sp³-hybridized carbons (Fsp3) is 0.750. The number of rotatable bonds is 10. The maximum atomic E-state index is 11.5. The van der Waals surface area contributed by atoms with Gasteiger partial charge in [-0.25, -0.2) is 9.59 Å². The molecule has 0 radical (unpaired) electrons. The van der Waals surface area contributed by atoms with E-state index in [2.05, 4.69) is 15.4 Å². The Morgan fingerprint density at radius 2 is 1.90 bits per heavy atom. The van der Waals surface area contributed by atoms with Gasteiger partial charge in [0.25, 0.3) is 0 Å². The lowest BCUT2D eigenvalue weighted by atomic mass is 10.2. The summed E-state index contributed by atoms with van der Waals surface area (Å²) in [6, 6.07) is -1.96. The smallest absolute Gasteiger partial charge is 0.326 e. The van der Waals surface area contributed by atoms with Crippen LogP contribution in [0.5, 0.6) is 0 Å². The summed E-state index contributed by atoms with van der Waals surface area (Å²) >= 11 is 0. The van der Waals surface area contributed by atoms with Crippen LogP contribution >= 0.6 is 0 Å². The highest BCUT2D eigenvalue weighted by molar-refractivity contribution is 5.86. The van der Waals surface area contributed by atoms with E-state index < -0.39 is 30.4 Å². The van der Waals surface area contributed by atoms with Crippen molar-refractivity contribution in [2.75, 3.05) is 47.5 Å². The van der Waals surface area contributed by atoms with Gasteiger partial charge in [0.1, 0.15) is 6.04 Å². The van der Waals surface area contributed by atoms with Gasteiger partial charge < -0.3 is 30.1 Å². The van der Waals surface area contributed by atoms with Crippen LogP contribution in [-0.2, 0) is 19.1 Å². The van der Waals surface area contributed by atoms with Crippen molar-refractivity contribution in [1.82, 2.24) is 15.5 Å². The third kappa shape index (κ3) is 9.63. The molecule has 0 saturated carbocycles. The van der Waals surface area contributed by atoms with Crippen molar-refractivity contribution in [2.45, 2.75) is 12.5 Å². The lowest BCUT2D eigenvalue weighted by Crippen LogP contribution is -2.48. The van der Waals surface area contributed by atoms with Gasteiger partial charge in [-0.2, -0.15) is 0 Å². The highest BCUT2D eigenvalue weighted by atomic mass is 16.5. The van der Waals surface area contributed by atoms with Crippen LogP contribution in [0.25, 0.3) is 0 Å². The summed E-state index contributed by atoms with van der Waals surface area (Å²) in [4.78, 5) is 35.4. The van der Waals surface area contributed by atoms with Crippen molar-refractivity contribution in [2.24, 2.45) is 0 Å². The minimum absolute atomic E-state index is 0.344. The summed E-state index contributed by atoms with van der Waals surface area (Å²) in [5, 5.41) is 13.6. The van der Waals surface area contributed by atoms with Crippen molar-refractivity contribution in [3.05, 3.63) is 0 Å². The summed E-state index contributed by atoms with van der Waals surface area (Å²) in [5.74, 6) is -2.00. The number of amides is 2. The number of aliphatic carboxylic acids is 1. The van der Waals surface area contributed by atoms with E-state index in [1.54, 1.807) is 7.11 Å². The molecule has 2 amide bonds. The Morgan fingerprint density at radius 1 is 1.24 bits per heavy atom. The number of carboxylic acid groups (broad SMARTS) is 1. The molecule has 0 unspecified atom stereocenters. The van der Waals surface area contributed by atoms with Crippen molar-refractivity contribution in [3.8, 4) is 0 Å². The van der Waals surface area contributed by atoms with Crippen LogP contribution < -0.4 is 10.6 Å². The number of ether oxygens (including phenoxy) is 2. The molecule has 0 heterocycles. The van der Waals surface area contributed by atoms with Crippen molar-refractivity contribution in [3.63, 3.8) is 0 Å². The topological polar surface area (TPSA) is 117 Å². The molecule has 0 aromatic heterocycles. The van der Waals surface area contributed by atoms with E-state index in [4.69, 9.17) is 9.84 Å². The Labute approximate surface area is 123 Å². The number of urea groups is 1. The molecule has 9 heteroatoms. The molecule has 0 spiro atoms. The number of carbonyl (C=O) groups is 3. The van der Waals surface area contributed by atoms with Gasteiger partial charge in [0, 0.05) is 26.7 Å². The van der Waals surface area contributed by atoms with Crippen molar-refractivity contribution >= 4 is 18.0 Å². The first-order valence-corrected chi connectivity index (χ1v) is 6.42. The number of likely N-dealkylation sites (N-methyl/N-ethyl adjacent to an activating group) is 1. The highest BCUT2D eigenvalue weighted by Gasteiger charge is 2.23. The third-order valence-corrected chi connectivity index (χ3v) is 2.66. The zero-order valence-electron chi connectivity index (χ0n) is 12.5. The first-order valence-electron chi connectivity index (χ1n) is 6.42. The molecule has 0 aromatic rings. The highest BCUT2D eigenvalue weighted by Crippen LogP contribution is 1.95. The standard InChI is InChI=1S/C12H23N3O6/c1-15(6-7-20-2)5-4-13-12(19)14-9(11(17)18)8-10(16)21-3/h9H,4-8H2,1-3H3,(H,17,18)(H2,13,14,19)/t9-/m0/s1. The summed E-state index contributed by atoms with van der Waals surface area (Å²) in [6.45, 7) is 2.24. The molecule has 0 rings (SSSR count). The van der Waals surface area contributed by atoms with Crippen LogP contribution in [0.15, 0.2) is 0 Å². The number of hydrogen-bond acceptors (Lipinski definition) is 6. The van der Waals surface area contributed by atoms with E-state index in [9.17, 15) is 14.4 Å². The van der Waals surface area contributed by atoms with E-state index in [1.807, 2.05) is 11.9 Å². The SMILES string of the molecule is COCCN(C)CCNC(=O)N[C@@H](CC(=O)OC)C(=O)O. The maximum absolute atomic E-state index is 11.5. The van der Waals surface area contributed by atoms with Crippen LogP contribution in [0.2, 0.25) is 0 Å². The average molecular weight is 305 g/mol. The van der Waals surface area contributed by atoms with Gasteiger partial charge in [0.05, 0.1) is 20.1 Å². The van der Waals surface area contributed by atoms with Crippen LogP contribution in [0.3, 0.4) is 0 Å². The predicted octanol–water partition coefficient (Wildman–Crippen LogP) is -1.12. The van der Waals surface area contributed by atoms with Gasteiger partial charge in [-0.1, -0.05) is 0 Å². The van der Waals surface area contributed by atoms with Gasteiger partial charge in [0.15, 0.2) is 0 Å². The maximum Gasteiger partial charge on any atom is 0.326 e. The second-order valence-corrected chi connectivity index (χ2v) is 4.37. The van der Waals surface area contributed by atoms with Gasteiger partial charge >= 0.3 is 18.0 Å². The van der Waals surface area contributed by atoms with Crippen molar-refractivity contribution in [1.29, 1.82) is 0 Å². The van der Waals surface area contributed by atoms with Gasteiger partial charge in [0.2, 0.25) is 0 Å². The third-order valence-electron chi connectivity index (χ3n) is 2.66. The zero-order valence-corrected chi connectivity index (χ0v) is 12.5. The Morgan fingerprint density at radius 3 is 2.43 bits per heavy atom. The van der Waals surface area contributed by atoms with E-state index in [0.29, 0.717) is 19.7 Å². The molecule has 21 heavy (non-hydrogen) atoms. The summed E-state index contributed by atoms with van der Waals surface area (Å²) in [7, 11) is 4.62. The second-order valence-electron chi connectivity index (χ2n) is 4.37. The number of nitrogens with zero attached hydrogens (tertiary/aromatic N) is 1. The van der Waals surface area contributed by atoms with E-state index >= 15 is 0 Å². The Bertz CT molecular complexity index is 350. The van der Waals surface area contributed by atoms with Crippen molar-refractivity contribution < 1.29 is 29.0 Å². The molecule has 0 aromatic carbocycles. The zero-order chi connectivity index (χ0) is 16.3. The molecule has 0 aliphatic rings. The minimum Gasteiger partial charge on any atom is -0.480 e. The van der Waals surface area contributed by atoms with E-state index in [-0.39, 0.29) is 0 Å². The number of nitrogens with one attached hydrogen (secondary N) is 2. The largest absolute Gasteiger partial charge is 0.480 e. The molecule has 122 valence electrons. The second kappa shape index (κ2) is 10.9. The molecule has 0 saturated heterocycles. The number of esters is 1. The Kier molecular flexibility index (Phi) is 9.90. The molecule has 0 bridgehead atoms. The number of carbonyl (C=O) groups excluding carboxylic acids is 2. The molecular formula is C12H23N3O6. The Hall–Kier alpha value is -1.87. The number of methoxy groups -OCH3 is 2. The first kappa shape index (κ1) is 19.1. The molecule has 9 nitrogen and oxygen atoms in total. The summed E-state index contributed by atoms with van der Waals surface area (Å²) < 4.78 is 9.29. The van der Waals surface area contributed by atoms with Gasteiger partial charge in [-0.15, -0.1) is 0 Å². The Balaban J connectivity index is 4.03. The number of carboxylic acids is 1. The van der Waals surface area contributed by atoms with E-state index in [0.717, 1.165) is 13.7 Å². The summed E-state index contributed by atoms with van der Waals surface area (Å²) in [6.07, 6.45) is -0.424. The van der Waals surface area contributed by atoms with Crippen LogP contribution in [-0.4, -0.2) is 81.5 Å². The number of hydrogen-bond donors (Lipinski definition) is 3. The van der Waals surface area contributed by atoms with Gasteiger partial charge in [-0.3, -0.25) is 4.79 Å². The monoisotopic (exact) mass is 305 g/mol. The van der Waals surface area contributed by atoms with E-state index in [1.165, 1.54) is 0 Å². The summed E-state index contributed by atoms with van der Waals surface area (Å²) in [5.41, 5.74) is 0. The normalized spacial score (nSPS) is 11.8.